The van der Waals surface area contributed by atoms with Gasteiger partial charge >= 0.3 is 5.97 Å². The van der Waals surface area contributed by atoms with E-state index in [1.54, 1.807) is 6.07 Å². The van der Waals surface area contributed by atoms with Gasteiger partial charge in [0.1, 0.15) is 5.82 Å². The highest BCUT2D eigenvalue weighted by Gasteiger charge is 2.19. The first kappa shape index (κ1) is 13.3. The van der Waals surface area contributed by atoms with Gasteiger partial charge < -0.3 is 10.1 Å². The molecule has 1 N–H and O–H groups in total. The maximum Gasteiger partial charge on any atom is 0.338 e. The standard InChI is InChI=1S/C14H16N2O3/c1-19-14(18)11-7-8-15-12(9-11)16-13(17)10-5-3-2-4-6-10/h2-3,7-10H,4-6H2,1H3,(H,15,16,17). The molecule has 0 saturated carbocycles. The Morgan fingerprint density at radius 1 is 1.42 bits per heavy atom. The van der Waals surface area contributed by atoms with E-state index in [1.807, 2.05) is 6.08 Å². The predicted octanol–water partition coefficient (Wildman–Crippen LogP) is 2.16. The zero-order valence-electron chi connectivity index (χ0n) is 10.8. The molecule has 0 aromatic carbocycles. The second-order valence-electron chi connectivity index (χ2n) is 4.39. The molecule has 1 aliphatic carbocycles. The predicted molar refractivity (Wildman–Crippen MR) is 70.7 cm³/mol. The smallest absolute Gasteiger partial charge is 0.338 e. The van der Waals surface area contributed by atoms with E-state index >= 15 is 0 Å². The second-order valence-corrected chi connectivity index (χ2v) is 4.39. The van der Waals surface area contributed by atoms with Crippen LogP contribution in [0.1, 0.15) is 29.6 Å². The Labute approximate surface area is 111 Å². The van der Waals surface area contributed by atoms with Crippen molar-refractivity contribution in [2.75, 3.05) is 12.4 Å². The molecule has 0 bridgehead atoms. The highest BCUT2D eigenvalue weighted by atomic mass is 16.5. The van der Waals surface area contributed by atoms with E-state index in [-0.39, 0.29) is 11.8 Å². The number of carbonyl (C=O) groups excluding carboxylic acids is 2. The lowest BCUT2D eigenvalue weighted by atomic mass is 9.94. The van der Waals surface area contributed by atoms with Gasteiger partial charge in [-0.2, -0.15) is 0 Å². The van der Waals surface area contributed by atoms with Crippen molar-refractivity contribution < 1.29 is 14.3 Å². The second kappa shape index (κ2) is 6.13. The van der Waals surface area contributed by atoms with Crippen LogP contribution in [0.5, 0.6) is 0 Å². The fourth-order valence-electron chi connectivity index (χ4n) is 2.00. The number of rotatable bonds is 3. The van der Waals surface area contributed by atoms with Crippen LogP contribution in [0.4, 0.5) is 5.82 Å². The number of anilines is 1. The molecule has 19 heavy (non-hydrogen) atoms. The fraction of sp³-hybridized carbons (Fsp3) is 0.357. The van der Waals surface area contributed by atoms with Gasteiger partial charge in [0.25, 0.3) is 0 Å². The van der Waals surface area contributed by atoms with Gasteiger partial charge in [-0.25, -0.2) is 9.78 Å². The lowest BCUT2D eigenvalue weighted by Gasteiger charge is -2.16. The molecule has 1 aromatic rings. The lowest BCUT2D eigenvalue weighted by molar-refractivity contribution is -0.120. The summed E-state index contributed by atoms with van der Waals surface area (Å²) in [6, 6.07) is 3.06. The van der Waals surface area contributed by atoms with Crippen molar-refractivity contribution in [3.63, 3.8) is 0 Å². The first-order chi connectivity index (χ1) is 9.20. The molecule has 2 rings (SSSR count). The van der Waals surface area contributed by atoms with E-state index in [1.165, 1.54) is 19.4 Å². The highest BCUT2D eigenvalue weighted by molar-refractivity contribution is 5.94. The first-order valence-electron chi connectivity index (χ1n) is 6.21. The van der Waals surface area contributed by atoms with E-state index < -0.39 is 5.97 Å². The maximum atomic E-state index is 12.0. The van der Waals surface area contributed by atoms with Crippen molar-refractivity contribution in [1.29, 1.82) is 0 Å². The summed E-state index contributed by atoms with van der Waals surface area (Å²) in [5, 5.41) is 2.74. The molecule has 5 nitrogen and oxygen atoms in total. The Morgan fingerprint density at radius 2 is 2.26 bits per heavy atom. The Kier molecular flexibility index (Phi) is 4.28. The average Bonchev–Trinajstić information content (AvgIpc) is 2.47. The Balaban J connectivity index is 2.04. The average molecular weight is 260 g/mol. The molecule has 0 radical (unpaired) electrons. The van der Waals surface area contributed by atoms with E-state index in [0.29, 0.717) is 11.4 Å². The van der Waals surface area contributed by atoms with Crippen LogP contribution < -0.4 is 5.32 Å². The fourth-order valence-corrected chi connectivity index (χ4v) is 2.00. The maximum absolute atomic E-state index is 12.0. The van der Waals surface area contributed by atoms with Gasteiger partial charge in [-0.3, -0.25) is 4.79 Å². The molecule has 1 heterocycles. The summed E-state index contributed by atoms with van der Waals surface area (Å²) in [7, 11) is 1.31. The summed E-state index contributed by atoms with van der Waals surface area (Å²) < 4.78 is 4.62. The summed E-state index contributed by atoms with van der Waals surface area (Å²) in [5.74, 6) is -0.145. The quantitative estimate of drug-likeness (QED) is 0.668. The summed E-state index contributed by atoms with van der Waals surface area (Å²) >= 11 is 0. The molecule has 0 spiro atoms. The number of esters is 1. The summed E-state index contributed by atoms with van der Waals surface area (Å²) in [4.78, 5) is 27.4. The molecule has 5 heteroatoms. The van der Waals surface area contributed by atoms with Crippen molar-refractivity contribution >= 4 is 17.7 Å². The molecule has 0 fully saturated rings. The van der Waals surface area contributed by atoms with E-state index in [4.69, 9.17) is 0 Å². The minimum atomic E-state index is -0.446. The third-order valence-electron chi connectivity index (χ3n) is 3.07. The van der Waals surface area contributed by atoms with Crippen LogP contribution in [0.25, 0.3) is 0 Å². The SMILES string of the molecule is COC(=O)c1ccnc(NC(=O)C2CC=CCC2)c1. The molecular formula is C14H16N2O3. The molecule has 0 saturated heterocycles. The number of methoxy groups -OCH3 is 1. The molecular weight excluding hydrogens is 244 g/mol. The number of nitrogens with zero attached hydrogens (tertiary/aromatic N) is 1. The van der Waals surface area contributed by atoms with Crippen molar-refractivity contribution in [2.45, 2.75) is 19.3 Å². The van der Waals surface area contributed by atoms with E-state index in [2.05, 4.69) is 21.1 Å². The van der Waals surface area contributed by atoms with Gasteiger partial charge in [0, 0.05) is 12.1 Å². The number of ether oxygens (including phenoxy) is 1. The minimum absolute atomic E-state index is 0.0198. The van der Waals surface area contributed by atoms with E-state index in [9.17, 15) is 9.59 Å². The number of hydrogen-bond acceptors (Lipinski definition) is 4. The van der Waals surface area contributed by atoms with Gasteiger partial charge in [-0.1, -0.05) is 12.2 Å². The topological polar surface area (TPSA) is 68.3 Å². The monoisotopic (exact) mass is 260 g/mol. The summed E-state index contributed by atoms with van der Waals surface area (Å²) in [5.41, 5.74) is 0.372. The van der Waals surface area contributed by atoms with Crippen molar-refractivity contribution in [3.8, 4) is 0 Å². The van der Waals surface area contributed by atoms with Crippen LogP contribution in [0, 0.1) is 5.92 Å². The van der Waals surface area contributed by atoms with Gasteiger partial charge in [0.2, 0.25) is 5.91 Å². The van der Waals surface area contributed by atoms with Crippen LogP contribution in [0.15, 0.2) is 30.5 Å². The number of hydrogen-bond donors (Lipinski definition) is 1. The number of pyridine rings is 1. The van der Waals surface area contributed by atoms with E-state index in [0.717, 1.165) is 19.3 Å². The molecule has 0 aliphatic heterocycles. The Hall–Kier alpha value is -2.17. The molecule has 1 aliphatic rings. The lowest BCUT2D eigenvalue weighted by Crippen LogP contribution is -2.24. The van der Waals surface area contributed by atoms with Gasteiger partial charge in [0.15, 0.2) is 0 Å². The number of amides is 1. The molecule has 1 atom stereocenters. The van der Waals surface area contributed by atoms with Crippen LogP contribution >= 0.6 is 0 Å². The number of nitrogens with one attached hydrogen (secondary N) is 1. The minimum Gasteiger partial charge on any atom is -0.465 e. The number of aromatic nitrogens is 1. The van der Waals surface area contributed by atoms with Gasteiger partial charge in [-0.05, 0) is 31.4 Å². The Morgan fingerprint density at radius 3 is 2.95 bits per heavy atom. The summed E-state index contributed by atoms with van der Waals surface area (Å²) in [6.07, 6.45) is 8.10. The van der Waals surface area contributed by atoms with Crippen LogP contribution in [0.2, 0.25) is 0 Å². The summed E-state index contributed by atoms with van der Waals surface area (Å²) in [6.45, 7) is 0. The van der Waals surface area contributed by atoms with Crippen LogP contribution in [-0.4, -0.2) is 24.0 Å². The molecule has 1 amide bonds. The normalized spacial score (nSPS) is 17.8. The van der Waals surface area contributed by atoms with Crippen LogP contribution in [-0.2, 0) is 9.53 Å². The number of allylic oxidation sites excluding steroid dienone is 2. The highest BCUT2D eigenvalue weighted by Crippen LogP contribution is 2.20. The van der Waals surface area contributed by atoms with Crippen molar-refractivity contribution in [1.82, 2.24) is 4.98 Å². The van der Waals surface area contributed by atoms with Crippen molar-refractivity contribution in [2.24, 2.45) is 5.92 Å². The largest absolute Gasteiger partial charge is 0.465 e. The first-order valence-corrected chi connectivity index (χ1v) is 6.21. The molecule has 1 aromatic heterocycles. The zero-order valence-corrected chi connectivity index (χ0v) is 10.8. The molecule has 100 valence electrons. The Bertz CT molecular complexity index is 511. The van der Waals surface area contributed by atoms with Gasteiger partial charge in [0.05, 0.1) is 12.7 Å². The molecule has 1 unspecified atom stereocenters. The number of carbonyl (C=O) groups is 2. The third kappa shape index (κ3) is 3.40. The van der Waals surface area contributed by atoms with Gasteiger partial charge in [-0.15, -0.1) is 0 Å². The zero-order chi connectivity index (χ0) is 13.7. The van der Waals surface area contributed by atoms with Crippen LogP contribution in [0.3, 0.4) is 0 Å². The third-order valence-corrected chi connectivity index (χ3v) is 3.07. The van der Waals surface area contributed by atoms with Crippen molar-refractivity contribution in [3.05, 3.63) is 36.0 Å².